The SMILES string of the molecule is Nc1ccc2c(S(=O)(=O)NCCc3nccs3)c[nH]c2c1. The van der Waals surface area contributed by atoms with E-state index in [1.54, 1.807) is 24.4 Å². The molecule has 0 saturated carbocycles. The summed E-state index contributed by atoms with van der Waals surface area (Å²) in [4.78, 5) is 7.28. The van der Waals surface area contributed by atoms with Gasteiger partial charge in [0.1, 0.15) is 4.90 Å². The van der Waals surface area contributed by atoms with Crippen LogP contribution in [0.2, 0.25) is 0 Å². The Morgan fingerprint density at radius 1 is 1.38 bits per heavy atom. The molecule has 0 atom stereocenters. The van der Waals surface area contributed by atoms with E-state index in [-0.39, 0.29) is 4.90 Å². The molecule has 0 bridgehead atoms. The van der Waals surface area contributed by atoms with Crippen molar-refractivity contribution in [2.75, 3.05) is 12.3 Å². The fourth-order valence-corrected chi connectivity index (χ4v) is 3.91. The normalized spacial score (nSPS) is 12.0. The molecular formula is C13H14N4O2S2. The molecular weight excluding hydrogens is 308 g/mol. The summed E-state index contributed by atoms with van der Waals surface area (Å²) in [6.45, 7) is 0.317. The summed E-state index contributed by atoms with van der Waals surface area (Å²) in [5.74, 6) is 0. The lowest BCUT2D eigenvalue weighted by Gasteiger charge is -2.04. The average molecular weight is 322 g/mol. The molecule has 110 valence electrons. The molecule has 21 heavy (non-hydrogen) atoms. The number of nitrogens with two attached hydrogens (primary N) is 1. The molecule has 1 aromatic carbocycles. The molecule has 3 rings (SSSR count). The van der Waals surface area contributed by atoms with Crippen LogP contribution >= 0.6 is 11.3 Å². The highest BCUT2D eigenvalue weighted by Crippen LogP contribution is 2.24. The van der Waals surface area contributed by atoms with E-state index in [9.17, 15) is 8.42 Å². The minimum atomic E-state index is -3.55. The number of nitrogens with zero attached hydrogens (tertiary/aromatic N) is 1. The number of rotatable bonds is 5. The van der Waals surface area contributed by atoms with Crippen LogP contribution in [0.25, 0.3) is 10.9 Å². The second-order valence-corrected chi connectivity index (χ2v) is 7.25. The van der Waals surface area contributed by atoms with Gasteiger partial charge in [-0.1, -0.05) is 0 Å². The molecule has 2 heterocycles. The van der Waals surface area contributed by atoms with E-state index < -0.39 is 10.0 Å². The van der Waals surface area contributed by atoms with Gasteiger partial charge in [-0.3, -0.25) is 0 Å². The van der Waals surface area contributed by atoms with Crippen LogP contribution in [-0.4, -0.2) is 24.9 Å². The molecule has 0 aliphatic carbocycles. The first-order valence-corrected chi connectivity index (χ1v) is 8.67. The minimum absolute atomic E-state index is 0.233. The number of anilines is 1. The van der Waals surface area contributed by atoms with Crippen molar-refractivity contribution in [2.45, 2.75) is 11.3 Å². The third-order valence-corrected chi connectivity index (χ3v) is 5.41. The van der Waals surface area contributed by atoms with Gasteiger partial charge in [-0.25, -0.2) is 18.1 Å². The summed E-state index contributed by atoms with van der Waals surface area (Å²) in [5.41, 5.74) is 6.98. The highest BCUT2D eigenvalue weighted by Gasteiger charge is 2.18. The topological polar surface area (TPSA) is 101 Å². The molecule has 0 saturated heterocycles. The van der Waals surface area contributed by atoms with Gasteiger partial charge in [0, 0.05) is 47.3 Å². The van der Waals surface area contributed by atoms with Crippen LogP contribution in [0.15, 0.2) is 40.9 Å². The van der Waals surface area contributed by atoms with E-state index in [4.69, 9.17) is 5.73 Å². The first-order chi connectivity index (χ1) is 10.1. The predicted molar refractivity (Wildman–Crippen MR) is 83.7 cm³/mol. The Labute approximate surface area is 126 Å². The van der Waals surface area contributed by atoms with Crippen LogP contribution in [0.4, 0.5) is 5.69 Å². The number of nitrogens with one attached hydrogen (secondary N) is 2. The molecule has 0 spiro atoms. The fraction of sp³-hybridized carbons (Fsp3) is 0.154. The highest BCUT2D eigenvalue weighted by atomic mass is 32.2. The zero-order valence-electron chi connectivity index (χ0n) is 11.0. The largest absolute Gasteiger partial charge is 0.399 e. The zero-order valence-corrected chi connectivity index (χ0v) is 12.7. The minimum Gasteiger partial charge on any atom is -0.399 e. The van der Waals surface area contributed by atoms with Crippen molar-refractivity contribution < 1.29 is 8.42 Å². The predicted octanol–water partition coefficient (Wildman–Crippen LogP) is 1.73. The van der Waals surface area contributed by atoms with Crippen LogP contribution in [0, 0.1) is 0 Å². The number of sulfonamides is 1. The van der Waals surface area contributed by atoms with E-state index >= 15 is 0 Å². The maximum Gasteiger partial charge on any atom is 0.242 e. The van der Waals surface area contributed by atoms with E-state index in [1.165, 1.54) is 17.5 Å². The summed E-state index contributed by atoms with van der Waals surface area (Å²) >= 11 is 1.51. The van der Waals surface area contributed by atoms with Crippen molar-refractivity contribution in [2.24, 2.45) is 0 Å². The summed E-state index contributed by atoms with van der Waals surface area (Å²) in [6, 6.07) is 5.10. The molecule has 8 heteroatoms. The zero-order chi connectivity index (χ0) is 14.9. The van der Waals surface area contributed by atoms with Crippen molar-refractivity contribution in [3.63, 3.8) is 0 Å². The van der Waals surface area contributed by atoms with Crippen molar-refractivity contribution in [1.82, 2.24) is 14.7 Å². The van der Waals surface area contributed by atoms with Crippen molar-refractivity contribution in [3.05, 3.63) is 41.0 Å². The number of thiazole rings is 1. The maximum absolute atomic E-state index is 12.3. The van der Waals surface area contributed by atoms with E-state index in [1.807, 2.05) is 5.38 Å². The number of hydrogen-bond acceptors (Lipinski definition) is 5. The number of nitrogen functional groups attached to an aromatic ring is 1. The standard InChI is InChI=1S/C13H14N4O2S2/c14-9-1-2-10-11(7-9)16-8-12(10)21(18,19)17-4-3-13-15-5-6-20-13/h1-2,5-8,16-17H,3-4,14H2. The van der Waals surface area contributed by atoms with E-state index in [0.717, 1.165) is 5.01 Å². The number of hydrogen-bond donors (Lipinski definition) is 3. The van der Waals surface area contributed by atoms with Gasteiger partial charge < -0.3 is 10.7 Å². The molecule has 3 aromatic rings. The third-order valence-electron chi connectivity index (χ3n) is 3.07. The smallest absolute Gasteiger partial charge is 0.242 e. The van der Waals surface area contributed by atoms with Crippen LogP contribution < -0.4 is 10.5 Å². The Morgan fingerprint density at radius 3 is 3.00 bits per heavy atom. The van der Waals surface area contributed by atoms with Gasteiger partial charge >= 0.3 is 0 Å². The van der Waals surface area contributed by atoms with Gasteiger partial charge in [-0.15, -0.1) is 11.3 Å². The lowest BCUT2D eigenvalue weighted by Crippen LogP contribution is -2.25. The van der Waals surface area contributed by atoms with Crippen molar-refractivity contribution in [1.29, 1.82) is 0 Å². The summed E-state index contributed by atoms with van der Waals surface area (Å²) in [7, 11) is -3.55. The Morgan fingerprint density at radius 2 is 2.24 bits per heavy atom. The Bertz CT molecular complexity index is 854. The van der Waals surface area contributed by atoms with Crippen LogP contribution in [-0.2, 0) is 16.4 Å². The summed E-state index contributed by atoms with van der Waals surface area (Å²) < 4.78 is 27.3. The molecule has 4 N–H and O–H groups in total. The van der Waals surface area contributed by atoms with Crippen molar-refractivity contribution >= 4 is 38.0 Å². The van der Waals surface area contributed by atoms with Gasteiger partial charge in [-0.05, 0) is 18.2 Å². The molecule has 0 fully saturated rings. The highest BCUT2D eigenvalue weighted by molar-refractivity contribution is 7.89. The Balaban J connectivity index is 1.80. The van der Waals surface area contributed by atoms with Gasteiger partial charge in [0.05, 0.1) is 5.01 Å². The molecule has 0 radical (unpaired) electrons. The lowest BCUT2D eigenvalue weighted by atomic mass is 10.2. The summed E-state index contributed by atoms with van der Waals surface area (Å²) in [5, 5.41) is 3.41. The molecule has 0 amide bonds. The number of fused-ring (bicyclic) bond motifs is 1. The van der Waals surface area contributed by atoms with Crippen LogP contribution in [0.3, 0.4) is 0 Å². The van der Waals surface area contributed by atoms with Gasteiger partial charge in [0.25, 0.3) is 0 Å². The maximum atomic E-state index is 12.3. The first kappa shape index (κ1) is 14.1. The third kappa shape index (κ3) is 2.92. The Hall–Kier alpha value is -1.90. The van der Waals surface area contributed by atoms with Crippen LogP contribution in [0.1, 0.15) is 5.01 Å². The first-order valence-electron chi connectivity index (χ1n) is 6.31. The van der Waals surface area contributed by atoms with E-state index in [2.05, 4.69) is 14.7 Å². The van der Waals surface area contributed by atoms with Gasteiger partial charge in [0.15, 0.2) is 0 Å². The fourth-order valence-electron chi connectivity index (χ4n) is 2.09. The van der Waals surface area contributed by atoms with E-state index in [0.29, 0.717) is 29.6 Å². The second kappa shape index (κ2) is 5.47. The number of H-pyrrole nitrogens is 1. The summed E-state index contributed by atoms with van der Waals surface area (Å²) in [6.07, 6.45) is 3.76. The van der Waals surface area contributed by atoms with Gasteiger partial charge in [0.2, 0.25) is 10.0 Å². The van der Waals surface area contributed by atoms with Gasteiger partial charge in [-0.2, -0.15) is 0 Å². The molecule has 6 nitrogen and oxygen atoms in total. The monoisotopic (exact) mass is 322 g/mol. The molecule has 2 aromatic heterocycles. The lowest BCUT2D eigenvalue weighted by molar-refractivity contribution is 0.582. The number of benzene rings is 1. The second-order valence-electron chi connectivity index (χ2n) is 4.53. The molecule has 0 unspecified atom stereocenters. The Kier molecular flexibility index (Phi) is 3.66. The molecule has 0 aliphatic heterocycles. The number of aromatic nitrogens is 2. The van der Waals surface area contributed by atoms with Crippen molar-refractivity contribution in [3.8, 4) is 0 Å². The number of aromatic amines is 1. The molecule has 0 aliphatic rings. The average Bonchev–Trinajstić information content (AvgIpc) is 3.06. The quantitative estimate of drug-likeness (QED) is 0.623. The van der Waals surface area contributed by atoms with Crippen LogP contribution in [0.5, 0.6) is 0 Å².